The highest BCUT2D eigenvalue weighted by Crippen LogP contribution is 2.35. The number of carbonyl (C=O) groups excluding carboxylic acids is 1. The minimum absolute atomic E-state index is 0.118. The summed E-state index contributed by atoms with van der Waals surface area (Å²) in [5.74, 6) is -0.417. The summed E-state index contributed by atoms with van der Waals surface area (Å²) in [6.45, 7) is 1.95. The van der Waals surface area contributed by atoms with E-state index in [0.717, 1.165) is 22.5 Å². The zero-order valence-corrected chi connectivity index (χ0v) is 15.9. The molecule has 1 heterocycles. The number of aryl methyl sites for hydroxylation is 1. The van der Waals surface area contributed by atoms with Crippen LogP contribution in [0.1, 0.15) is 15.9 Å². The van der Waals surface area contributed by atoms with Crippen molar-refractivity contribution >= 4 is 33.3 Å². The van der Waals surface area contributed by atoms with Crippen molar-refractivity contribution < 1.29 is 18.9 Å². The summed E-state index contributed by atoms with van der Waals surface area (Å²) >= 11 is 0.919. The van der Waals surface area contributed by atoms with Crippen LogP contribution in [0.3, 0.4) is 0 Å². The molecule has 0 fully saturated rings. The van der Waals surface area contributed by atoms with Crippen LogP contribution in [-0.2, 0) is 0 Å². The molecule has 4 rings (SSSR count). The Hall–Kier alpha value is -3.78. The van der Waals surface area contributed by atoms with Gasteiger partial charge in [0.2, 0.25) is 0 Å². The average Bonchev–Trinajstić information content (AvgIpc) is 3.07. The lowest BCUT2D eigenvalue weighted by Gasteiger charge is -2.08. The van der Waals surface area contributed by atoms with Crippen LogP contribution in [0.15, 0.2) is 69.9 Å². The summed E-state index contributed by atoms with van der Waals surface area (Å²) in [7, 11) is 0. The van der Waals surface area contributed by atoms with E-state index in [2.05, 4.69) is 0 Å². The second-order valence-corrected chi connectivity index (χ2v) is 7.29. The zero-order chi connectivity index (χ0) is 20.5. The molecular weight excluding hydrogens is 394 g/mol. The quantitative estimate of drug-likeness (QED) is 0.205. The van der Waals surface area contributed by atoms with Crippen molar-refractivity contribution in [2.75, 3.05) is 0 Å². The lowest BCUT2D eigenvalue weighted by Crippen LogP contribution is -2.08. The molecule has 29 heavy (non-hydrogen) atoms. The fourth-order valence-corrected chi connectivity index (χ4v) is 3.65. The van der Waals surface area contributed by atoms with Crippen molar-refractivity contribution in [1.29, 1.82) is 0 Å². The predicted octanol–water partition coefficient (Wildman–Crippen LogP) is 4.96. The smallest absolute Gasteiger partial charge is 0.396 e. The largest absolute Gasteiger partial charge is 0.423 e. The Bertz CT molecular complexity index is 1300. The summed E-state index contributed by atoms with van der Waals surface area (Å²) in [6, 6.07) is 16.0. The molecule has 0 saturated carbocycles. The van der Waals surface area contributed by atoms with Gasteiger partial charge in [0, 0.05) is 23.8 Å². The molecule has 7 nitrogen and oxygen atoms in total. The molecule has 1 aromatic heterocycles. The topological polar surface area (TPSA) is 99.6 Å². The third-order valence-corrected chi connectivity index (χ3v) is 5.03. The lowest BCUT2D eigenvalue weighted by molar-refractivity contribution is -0.384. The van der Waals surface area contributed by atoms with Gasteiger partial charge in [-0.2, -0.15) is 0 Å². The third-order valence-electron chi connectivity index (χ3n) is 4.26. The van der Waals surface area contributed by atoms with E-state index in [1.165, 1.54) is 24.3 Å². The van der Waals surface area contributed by atoms with Crippen LogP contribution < -0.4 is 9.68 Å². The number of nitro benzene ring substituents is 1. The third kappa shape index (κ3) is 3.78. The molecule has 0 saturated heterocycles. The van der Waals surface area contributed by atoms with Gasteiger partial charge in [0.25, 0.3) is 5.69 Å². The summed E-state index contributed by atoms with van der Waals surface area (Å²) < 4.78 is 11.4. The second kappa shape index (κ2) is 7.33. The number of ether oxygens (including phenoxy) is 1. The number of non-ortho nitro benzene ring substituents is 1. The SMILES string of the molecule is Cc1cccc(-c2cc(OC(=O)c3ccc([N+](=O)[O-])cc3)cc3sc(=O)oc23)c1. The van der Waals surface area contributed by atoms with E-state index >= 15 is 0 Å². The van der Waals surface area contributed by atoms with Crippen molar-refractivity contribution in [3.63, 3.8) is 0 Å². The molecule has 144 valence electrons. The minimum Gasteiger partial charge on any atom is -0.423 e. The Kier molecular flexibility index (Phi) is 4.69. The number of fused-ring (bicyclic) bond motifs is 1. The fourth-order valence-electron chi connectivity index (χ4n) is 2.92. The molecule has 8 heteroatoms. The van der Waals surface area contributed by atoms with Crippen molar-refractivity contribution in [2.24, 2.45) is 0 Å². The van der Waals surface area contributed by atoms with Crippen LogP contribution in [0.2, 0.25) is 0 Å². The van der Waals surface area contributed by atoms with E-state index in [0.29, 0.717) is 15.8 Å². The molecular formula is C21H13NO6S. The minimum atomic E-state index is -0.662. The molecule has 0 atom stereocenters. The first-order valence-corrected chi connectivity index (χ1v) is 9.34. The first-order valence-electron chi connectivity index (χ1n) is 8.52. The number of nitro groups is 1. The maximum Gasteiger partial charge on any atom is 0.396 e. The summed E-state index contributed by atoms with van der Waals surface area (Å²) in [5, 5.41) is 10.8. The highest BCUT2D eigenvalue weighted by Gasteiger charge is 2.16. The number of benzene rings is 3. The Labute approximate surface area is 167 Å². The normalized spacial score (nSPS) is 10.8. The molecule has 0 aliphatic rings. The zero-order valence-electron chi connectivity index (χ0n) is 15.1. The van der Waals surface area contributed by atoms with E-state index in [9.17, 15) is 19.7 Å². The number of hydrogen-bond acceptors (Lipinski definition) is 7. The highest BCUT2D eigenvalue weighted by molar-refractivity contribution is 7.16. The monoisotopic (exact) mass is 407 g/mol. The maximum atomic E-state index is 12.5. The highest BCUT2D eigenvalue weighted by atomic mass is 32.1. The molecule has 0 spiro atoms. The number of hydrogen-bond donors (Lipinski definition) is 0. The first-order chi connectivity index (χ1) is 13.9. The van der Waals surface area contributed by atoms with Gasteiger partial charge in [-0.3, -0.25) is 10.1 Å². The van der Waals surface area contributed by atoms with Gasteiger partial charge in [-0.15, -0.1) is 0 Å². The van der Waals surface area contributed by atoms with Crippen molar-refractivity contribution in [3.05, 3.63) is 91.6 Å². The average molecular weight is 407 g/mol. The number of esters is 1. The summed E-state index contributed by atoms with van der Waals surface area (Å²) in [5.41, 5.74) is 2.98. The molecule has 0 aliphatic carbocycles. The number of carbonyl (C=O) groups is 1. The van der Waals surface area contributed by atoms with Crippen molar-refractivity contribution in [3.8, 4) is 16.9 Å². The van der Waals surface area contributed by atoms with Crippen LogP contribution in [0.25, 0.3) is 21.4 Å². The van der Waals surface area contributed by atoms with Gasteiger partial charge in [-0.1, -0.05) is 41.2 Å². The first kappa shape index (κ1) is 18.6. The molecule has 0 amide bonds. The Morgan fingerprint density at radius 2 is 1.86 bits per heavy atom. The number of nitrogens with zero attached hydrogens (tertiary/aromatic N) is 1. The maximum absolute atomic E-state index is 12.5. The second-order valence-electron chi connectivity index (χ2n) is 6.32. The molecule has 0 bridgehead atoms. The van der Waals surface area contributed by atoms with E-state index in [-0.39, 0.29) is 17.0 Å². The van der Waals surface area contributed by atoms with Crippen LogP contribution in [0.5, 0.6) is 5.75 Å². The Morgan fingerprint density at radius 1 is 1.10 bits per heavy atom. The summed E-state index contributed by atoms with van der Waals surface area (Å²) in [4.78, 5) is 34.0. The molecule has 4 aromatic rings. The number of rotatable bonds is 4. The van der Waals surface area contributed by atoms with Crippen molar-refractivity contribution in [2.45, 2.75) is 6.92 Å². The molecule has 0 radical (unpaired) electrons. The van der Waals surface area contributed by atoms with Crippen LogP contribution in [0.4, 0.5) is 5.69 Å². The van der Waals surface area contributed by atoms with Crippen LogP contribution in [-0.4, -0.2) is 10.9 Å². The van der Waals surface area contributed by atoms with E-state index < -0.39 is 15.8 Å². The van der Waals surface area contributed by atoms with E-state index in [1.807, 2.05) is 31.2 Å². The van der Waals surface area contributed by atoms with E-state index in [4.69, 9.17) is 9.15 Å². The molecule has 0 aliphatic heterocycles. The lowest BCUT2D eigenvalue weighted by atomic mass is 10.0. The molecule has 3 aromatic carbocycles. The predicted molar refractivity (Wildman–Crippen MR) is 109 cm³/mol. The summed E-state index contributed by atoms with van der Waals surface area (Å²) in [6.07, 6.45) is 0. The molecule has 0 N–H and O–H groups in total. The Morgan fingerprint density at radius 3 is 2.55 bits per heavy atom. The van der Waals surface area contributed by atoms with Gasteiger partial charge >= 0.3 is 10.9 Å². The van der Waals surface area contributed by atoms with Gasteiger partial charge in [0.05, 0.1) is 15.2 Å². The van der Waals surface area contributed by atoms with Gasteiger partial charge in [0.1, 0.15) is 5.75 Å². The van der Waals surface area contributed by atoms with Gasteiger partial charge in [0.15, 0.2) is 5.58 Å². The van der Waals surface area contributed by atoms with Gasteiger partial charge < -0.3 is 9.15 Å². The van der Waals surface area contributed by atoms with Gasteiger partial charge in [-0.25, -0.2) is 9.59 Å². The van der Waals surface area contributed by atoms with Crippen molar-refractivity contribution in [1.82, 2.24) is 0 Å². The van der Waals surface area contributed by atoms with E-state index in [1.54, 1.807) is 12.1 Å². The fraction of sp³-hybridized carbons (Fsp3) is 0.0476. The van der Waals surface area contributed by atoms with Crippen LogP contribution in [0, 0.1) is 17.0 Å². The standard InChI is InChI=1S/C21H13NO6S/c1-12-3-2-4-14(9-12)17-10-16(11-18-19(17)28-21(24)29-18)27-20(23)13-5-7-15(8-6-13)22(25)26/h2-11H,1H3. The molecule has 0 unspecified atom stereocenters. The van der Waals surface area contributed by atoms with Crippen LogP contribution >= 0.6 is 11.3 Å². The van der Waals surface area contributed by atoms with Gasteiger partial charge in [-0.05, 0) is 30.7 Å². The Balaban J connectivity index is 1.73.